The van der Waals surface area contributed by atoms with Gasteiger partial charge in [0.05, 0.1) is 12.7 Å². The Balaban J connectivity index is 2.67. The maximum absolute atomic E-state index is 5.36. The molecule has 2 atom stereocenters. The highest BCUT2D eigenvalue weighted by Crippen LogP contribution is 2.21. The molecule has 0 heterocycles. The Kier molecular flexibility index (Phi) is 6.49. The molecule has 0 aliphatic rings. The van der Waals surface area contributed by atoms with Crippen LogP contribution in [0.3, 0.4) is 0 Å². The molecule has 0 amide bonds. The molecule has 0 radical (unpaired) electrons. The van der Waals surface area contributed by atoms with Crippen LogP contribution in [-0.2, 0) is 9.47 Å². The summed E-state index contributed by atoms with van der Waals surface area (Å²) >= 11 is 0. The number of hydrogen-bond acceptors (Lipinski definition) is 3. The molecule has 0 aliphatic heterocycles. The summed E-state index contributed by atoms with van der Waals surface area (Å²) in [7, 11) is 3.42. The normalized spacial score (nSPS) is 14.4. The van der Waals surface area contributed by atoms with Crippen LogP contribution in [-0.4, -0.2) is 33.5 Å². The number of methoxy groups -OCH3 is 2. The zero-order valence-corrected chi connectivity index (χ0v) is 13.0. The second-order valence-corrected chi connectivity index (χ2v) is 5.24. The minimum Gasteiger partial charge on any atom is -0.382 e. The number of rotatable bonds is 7. The van der Waals surface area contributed by atoms with Crippen molar-refractivity contribution in [2.24, 2.45) is 0 Å². The molecule has 0 spiro atoms. The number of hydrogen-bond donors (Lipinski definition) is 1. The Hall–Kier alpha value is -0.900. The van der Waals surface area contributed by atoms with Gasteiger partial charge in [0.1, 0.15) is 0 Å². The summed E-state index contributed by atoms with van der Waals surface area (Å²) in [4.78, 5) is 0. The van der Waals surface area contributed by atoms with Gasteiger partial charge < -0.3 is 14.8 Å². The minimum atomic E-state index is 0.0966. The van der Waals surface area contributed by atoms with E-state index in [1.54, 1.807) is 14.2 Å². The number of benzene rings is 1. The fourth-order valence-corrected chi connectivity index (χ4v) is 2.26. The van der Waals surface area contributed by atoms with Gasteiger partial charge in [0.2, 0.25) is 0 Å². The van der Waals surface area contributed by atoms with Crippen LogP contribution in [0, 0.1) is 20.8 Å². The van der Waals surface area contributed by atoms with Gasteiger partial charge in [0.25, 0.3) is 0 Å². The Labute approximate surface area is 117 Å². The van der Waals surface area contributed by atoms with Crippen LogP contribution < -0.4 is 5.32 Å². The van der Waals surface area contributed by atoms with E-state index >= 15 is 0 Å². The highest BCUT2D eigenvalue weighted by molar-refractivity contribution is 5.37. The Bertz CT molecular complexity index is 404. The molecule has 0 saturated carbocycles. The zero-order chi connectivity index (χ0) is 14.4. The summed E-state index contributed by atoms with van der Waals surface area (Å²) in [5, 5.41) is 3.52. The van der Waals surface area contributed by atoms with Gasteiger partial charge in [0.15, 0.2) is 0 Å². The molecule has 1 rings (SSSR count). The largest absolute Gasteiger partial charge is 0.382 e. The molecular weight excluding hydrogens is 238 g/mol. The van der Waals surface area contributed by atoms with E-state index < -0.39 is 0 Å². The summed E-state index contributed by atoms with van der Waals surface area (Å²) in [5.41, 5.74) is 5.39. The molecule has 1 aromatic rings. The first kappa shape index (κ1) is 16.2. The second-order valence-electron chi connectivity index (χ2n) is 5.24. The predicted octanol–water partition coefficient (Wildman–Crippen LogP) is 2.92. The third-order valence-electron chi connectivity index (χ3n) is 3.69. The van der Waals surface area contributed by atoms with E-state index in [-0.39, 0.29) is 6.10 Å². The van der Waals surface area contributed by atoms with Gasteiger partial charge in [-0.05, 0) is 49.9 Å². The van der Waals surface area contributed by atoms with Crippen LogP contribution in [0.15, 0.2) is 12.1 Å². The molecule has 19 heavy (non-hydrogen) atoms. The SMILES string of the molecule is COCC(CNC(C)c1cc(C)c(C)cc1C)OC. The van der Waals surface area contributed by atoms with Gasteiger partial charge in [0, 0.05) is 26.8 Å². The lowest BCUT2D eigenvalue weighted by Gasteiger charge is -2.21. The summed E-state index contributed by atoms with van der Waals surface area (Å²) in [5.74, 6) is 0. The maximum Gasteiger partial charge on any atom is 0.0928 e. The summed E-state index contributed by atoms with van der Waals surface area (Å²) < 4.78 is 10.5. The standard InChI is InChI=1S/C16H27NO2/c1-11-7-13(3)16(8-12(11)2)14(4)17-9-15(19-6)10-18-5/h7-8,14-15,17H,9-10H2,1-6H3. The van der Waals surface area contributed by atoms with Crippen molar-refractivity contribution in [1.82, 2.24) is 5.32 Å². The third kappa shape index (κ3) is 4.60. The van der Waals surface area contributed by atoms with Crippen molar-refractivity contribution in [3.8, 4) is 0 Å². The molecule has 3 heteroatoms. The first-order valence-electron chi connectivity index (χ1n) is 6.82. The van der Waals surface area contributed by atoms with Gasteiger partial charge >= 0.3 is 0 Å². The average Bonchev–Trinajstić information content (AvgIpc) is 2.38. The van der Waals surface area contributed by atoms with Crippen molar-refractivity contribution in [3.05, 3.63) is 34.4 Å². The van der Waals surface area contributed by atoms with Gasteiger partial charge in [-0.2, -0.15) is 0 Å². The average molecular weight is 265 g/mol. The van der Waals surface area contributed by atoms with Crippen LogP contribution in [0.25, 0.3) is 0 Å². The van der Waals surface area contributed by atoms with E-state index in [2.05, 4.69) is 45.1 Å². The van der Waals surface area contributed by atoms with Crippen LogP contribution >= 0.6 is 0 Å². The van der Waals surface area contributed by atoms with E-state index in [1.165, 1.54) is 22.3 Å². The van der Waals surface area contributed by atoms with Crippen molar-refractivity contribution >= 4 is 0 Å². The summed E-state index contributed by atoms with van der Waals surface area (Å²) in [6.07, 6.45) is 0.0966. The van der Waals surface area contributed by atoms with E-state index in [0.29, 0.717) is 12.6 Å². The van der Waals surface area contributed by atoms with E-state index in [1.807, 2.05) is 0 Å². The van der Waals surface area contributed by atoms with Crippen molar-refractivity contribution < 1.29 is 9.47 Å². The second kappa shape index (κ2) is 7.63. The lowest BCUT2D eigenvalue weighted by atomic mass is 9.96. The van der Waals surface area contributed by atoms with Crippen LogP contribution in [0.5, 0.6) is 0 Å². The lowest BCUT2D eigenvalue weighted by molar-refractivity contribution is 0.0276. The van der Waals surface area contributed by atoms with Crippen LogP contribution in [0.1, 0.15) is 35.2 Å². The molecule has 3 nitrogen and oxygen atoms in total. The quantitative estimate of drug-likeness (QED) is 0.822. The smallest absolute Gasteiger partial charge is 0.0928 e. The topological polar surface area (TPSA) is 30.5 Å². The van der Waals surface area contributed by atoms with E-state index in [9.17, 15) is 0 Å². The zero-order valence-electron chi connectivity index (χ0n) is 13.0. The summed E-state index contributed by atoms with van der Waals surface area (Å²) in [6.45, 7) is 10.1. The van der Waals surface area contributed by atoms with Gasteiger partial charge in [-0.25, -0.2) is 0 Å². The van der Waals surface area contributed by atoms with Crippen molar-refractivity contribution in [2.75, 3.05) is 27.4 Å². The number of aryl methyl sites for hydroxylation is 3. The lowest BCUT2D eigenvalue weighted by Crippen LogP contribution is -2.33. The van der Waals surface area contributed by atoms with Crippen LogP contribution in [0.4, 0.5) is 0 Å². The number of ether oxygens (including phenoxy) is 2. The predicted molar refractivity (Wildman–Crippen MR) is 79.7 cm³/mol. The highest BCUT2D eigenvalue weighted by Gasteiger charge is 2.12. The van der Waals surface area contributed by atoms with Gasteiger partial charge in [-0.15, -0.1) is 0 Å². The van der Waals surface area contributed by atoms with Crippen molar-refractivity contribution in [3.63, 3.8) is 0 Å². The van der Waals surface area contributed by atoms with Crippen molar-refractivity contribution in [1.29, 1.82) is 0 Å². The van der Waals surface area contributed by atoms with E-state index in [4.69, 9.17) is 9.47 Å². The molecule has 108 valence electrons. The molecule has 2 unspecified atom stereocenters. The Morgan fingerprint density at radius 1 is 1.05 bits per heavy atom. The van der Waals surface area contributed by atoms with Crippen LogP contribution in [0.2, 0.25) is 0 Å². The fraction of sp³-hybridized carbons (Fsp3) is 0.625. The maximum atomic E-state index is 5.36. The molecule has 0 aliphatic carbocycles. The molecular formula is C16H27NO2. The number of nitrogens with one attached hydrogen (secondary N) is 1. The van der Waals surface area contributed by atoms with Gasteiger partial charge in [-0.1, -0.05) is 12.1 Å². The summed E-state index contributed by atoms with van der Waals surface area (Å²) in [6, 6.07) is 4.85. The van der Waals surface area contributed by atoms with Crippen molar-refractivity contribution in [2.45, 2.75) is 39.8 Å². The molecule has 0 aromatic heterocycles. The molecule has 0 saturated heterocycles. The van der Waals surface area contributed by atoms with E-state index in [0.717, 1.165) is 6.54 Å². The first-order valence-corrected chi connectivity index (χ1v) is 6.82. The monoisotopic (exact) mass is 265 g/mol. The molecule has 1 aromatic carbocycles. The Morgan fingerprint density at radius 3 is 2.26 bits per heavy atom. The minimum absolute atomic E-state index is 0.0966. The Morgan fingerprint density at radius 2 is 1.68 bits per heavy atom. The first-order chi connectivity index (χ1) is 8.99. The highest BCUT2D eigenvalue weighted by atomic mass is 16.5. The fourth-order valence-electron chi connectivity index (χ4n) is 2.26. The molecule has 0 bridgehead atoms. The molecule has 1 N–H and O–H groups in total. The van der Waals surface area contributed by atoms with Gasteiger partial charge in [-0.3, -0.25) is 0 Å². The molecule has 0 fully saturated rings. The third-order valence-corrected chi connectivity index (χ3v) is 3.69.